The quantitative estimate of drug-likeness (QED) is 0.549. The van der Waals surface area contributed by atoms with E-state index in [1.165, 1.54) is 6.20 Å². The summed E-state index contributed by atoms with van der Waals surface area (Å²) >= 11 is 0. The Bertz CT molecular complexity index is 356. The van der Waals surface area contributed by atoms with Crippen LogP contribution < -0.4 is 5.32 Å². The Morgan fingerprint density at radius 3 is 3.00 bits per heavy atom. The van der Waals surface area contributed by atoms with Gasteiger partial charge in [0, 0.05) is 13.5 Å². The van der Waals surface area contributed by atoms with Crippen LogP contribution in [0.15, 0.2) is 6.20 Å². The van der Waals surface area contributed by atoms with Crippen LogP contribution in [-0.2, 0) is 13.5 Å². The Hall–Kier alpha value is -1.43. The molecule has 0 radical (unpaired) electrons. The second kappa shape index (κ2) is 3.38. The lowest BCUT2D eigenvalue weighted by atomic mass is 9.97. The molecule has 2 rings (SSSR count). The molecule has 1 aliphatic rings. The van der Waals surface area contributed by atoms with Gasteiger partial charge in [-0.15, -0.1) is 0 Å². The average molecular weight is 196 g/mol. The van der Waals surface area contributed by atoms with Gasteiger partial charge in [-0.3, -0.25) is 14.8 Å². The maximum absolute atomic E-state index is 10.7. The standard InChI is InChI=1S/C8H12N4O2/c1-11-7(2-6-3-9-4-6)8(5-10-11)12(13)14/h5-6,9H,2-4H2,1H3. The highest BCUT2D eigenvalue weighted by Gasteiger charge is 2.25. The van der Waals surface area contributed by atoms with E-state index in [0.717, 1.165) is 25.2 Å². The first-order chi connectivity index (χ1) is 6.68. The molecule has 6 heteroatoms. The fourth-order valence-corrected chi connectivity index (χ4v) is 1.61. The van der Waals surface area contributed by atoms with Gasteiger partial charge in [0.25, 0.3) is 0 Å². The highest BCUT2D eigenvalue weighted by atomic mass is 16.6. The zero-order valence-electron chi connectivity index (χ0n) is 7.93. The summed E-state index contributed by atoms with van der Waals surface area (Å²) in [6.45, 7) is 1.89. The van der Waals surface area contributed by atoms with Crippen molar-refractivity contribution in [3.05, 3.63) is 22.0 Å². The molecule has 2 heterocycles. The van der Waals surface area contributed by atoms with Gasteiger partial charge in [-0.25, -0.2) is 0 Å². The molecule has 1 saturated heterocycles. The van der Waals surface area contributed by atoms with Gasteiger partial charge in [0.2, 0.25) is 0 Å². The van der Waals surface area contributed by atoms with E-state index in [2.05, 4.69) is 10.4 Å². The van der Waals surface area contributed by atoms with Gasteiger partial charge in [0.05, 0.1) is 4.92 Å². The topological polar surface area (TPSA) is 73.0 Å². The Morgan fingerprint density at radius 2 is 2.50 bits per heavy atom. The van der Waals surface area contributed by atoms with Crippen molar-refractivity contribution in [1.29, 1.82) is 0 Å². The first-order valence-corrected chi connectivity index (χ1v) is 4.54. The van der Waals surface area contributed by atoms with E-state index in [9.17, 15) is 10.1 Å². The lowest BCUT2D eigenvalue weighted by Gasteiger charge is -2.26. The van der Waals surface area contributed by atoms with Crippen molar-refractivity contribution in [1.82, 2.24) is 15.1 Å². The zero-order chi connectivity index (χ0) is 10.1. The molecule has 0 bridgehead atoms. The van der Waals surface area contributed by atoms with Crippen molar-refractivity contribution in [2.75, 3.05) is 13.1 Å². The first-order valence-electron chi connectivity index (χ1n) is 4.54. The molecule has 1 aliphatic heterocycles. The molecule has 0 unspecified atom stereocenters. The number of hydrogen-bond acceptors (Lipinski definition) is 4. The lowest BCUT2D eigenvalue weighted by molar-refractivity contribution is -0.385. The van der Waals surface area contributed by atoms with Gasteiger partial charge < -0.3 is 5.32 Å². The molecular formula is C8H12N4O2. The number of rotatable bonds is 3. The van der Waals surface area contributed by atoms with E-state index < -0.39 is 0 Å². The summed E-state index contributed by atoms with van der Waals surface area (Å²) in [7, 11) is 1.74. The number of hydrogen-bond donors (Lipinski definition) is 1. The van der Waals surface area contributed by atoms with Crippen LogP contribution in [0.3, 0.4) is 0 Å². The van der Waals surface area contributed by atoms with Crippen molar-refractivity contribution in [3.8, 4) is 0 Å². The van der Waals surface area contributed by atoms with Gasteiger partial charge >= 0.3 is 5.69 Å². The molecule has 76 valence electrons. The van der Waals surface area contributed by atoms with E-state index in [4.69, 9.17) is 0 Å². The smallest absolute Gasteiger partial charge is 0.310 e. The van der Waals surface area contributed by atoms with Gasteiger partial charge in [0.1, 0.15) is 11.9 Å². The molecule has 1 fully saturated rings. The molecule has 1 aromatic rings. The van der Waals surface area contributed by atoms with E-state index in [1.54, 1.807) is 11.7 Å². The van der Waals surface area contributed by atoms with Crippen LogP contribution in [0.5, 0.6) is 0 Å². The fourth-order valence-electron chi connectivity index (χ4n) is 1.61. The highest BCUT2D eigenvalue weighted by Crippen LogP contribution is 2.21. The fraction of sp³-hybridized carbons (Fsp3) is 0.625. The summed E-state index contributed by atoms with van der Waals surface area (Å²) in [6.07, 6.45) is 2.06. The van der Waals surface area contributed by atoms with Gasteiger partial charge in [-0.2, -0.15) is 5.10 Å². The summed E-state index contributed by atoms with van der Waals surface area (Å²) in [5.41, 5.74) is 0.862. The van der Waals surface area contributed by atoms with Crippen molar-refractivity contribution in [2.24, 2.45) is 13.0 Å². The molecule has 0 amide bonds. The predicted molar refractivity (Wildman–Crippen MR) is 49.9 cm³/mol. The maximum atomic E-state index is 10.7. The Labute approximate surface area is 81.1 Å². The molecule has 0 aromatic carbocycles. The normalized spacial score (nSPS) is 16.6. The SMILES string of the molecule is Cn1ncc([N+](=O)[O-])c1CC1CNC1. The summed E-state index contributed by atoms with van der Waals surface area (Å²) in [4.78, 5) is 10.3. The molecule has 0 atom stereocenters. The molecule has 14 heavy (non-hydrogen) atoms. The van der Waals surface area contributed by atoms with Crippen molar-refractivity contribution < 1.29 is 4.92 Å². The third kappa shape index (κ3) is 1.48. The van der Waals surface area contributed by atoms with E-state index in [1.807, 2.05) is 0 Å². The van der Waals surface area contributed by atoms with Crippen LogP contribution in [0.1, 0.15) is 5.69 Å². The van der Waals surface area contributed by atoms with Crippen molar-refractivity contribution in [2.45, 2.75) is 6.42 Å². The van der Waals surface area contributed by atoms with Gasteiger partial charge in [0.15, 0.2) is 0 Å². The van der Waals surface area contributed by atoms with Crippen LogP contribution in [0.25, 0.3) is 0 Å². The number of nitro groups is 1. The van der Waals surface area contributed by atoms with Gasteiger partial charge in [-0.1, -0.05) is 0 Å². The number of nitrogens with zero attached hydrogens (tertiary/aromatic N) is 3. The molecule has 1 N–H and O–H groups in total. The molecule has 0 aliphatic carbocycles. The first kappa shape index (κ1) is 9.14. The summed E-state index contributed by atoms with van der Waals surface area (Å²) in [6, 6.07) is 0. The minimum absolute atomic E-state index is 0.138. The second-order valence-electron chi connectivity index (χ2n) is 3.59. The lowest BCUT2D eigenvalue weighted by Crippen LogP contribution is -2.43. The molecular weight excluding hydrogens is 184 g/mol. The number of nitrogens with one attached hydrogen (secondary N) is 1. The number of aromatic nitrogens is 2. The van der Waals surface area contributed by atoms with E-state index in [-0.39, 0.29) is 10.6 Å². The van der Waals surface area contributed by atoms with Gasteiger partial charge in [-0.05, 0) is 19.0 Å². The third-order valence-corrected chi connectivity index (χ3v) is 2.58. The Kier molecular flexibility index (Phi) is 2.20. The van der Waals surface area contributed by atoms with E-state index >= 15 is 0 Å². The van der Waals surface area contributed by atoms with Crippen LogP contribution in [0.2, 0.25) is 0 Å². The van der Waals surface area contributed by atoms with Crippen LogP contribution in [-0.4, -0.2) is 27.8 Å². The maximum Gasteiger partial charge on any atom is 0.310 e. The zero-order valence-corrected chi connectivity index (χ0v) is 7.93. The molecule has 0 spiro atoms. The average Bonchev–Trinajstić information content (AvgIpc) is 2.40. The second-order valence-corrected chi connectivity index (χ2v) is 3.59. The predicted octanol–water partition coefficient (Wildman–Crippen LogP) is 0.0902. The van der Waals surface area contributed by atoms with Crippen LogP contribution >= 0.6 is 0 Å². The van der Waals surface area contributed by atoms with E-state index in [0.29, 0.717) is 5.92 Å². The largest absolute Gasteiger partial charge is 0.316 e. The minimum atomic E-state index is -0.367. The summed E-state index contributed by atoms with van der Waals surface area (Å²) < 4.78 is 1.59. The molecule has 6 nitrogen and oxygen atoms in total. The Balaban J connectivity index is 2.20. The minimum Gasteiger partial charge on any atom is -0.316 e. The van der Waals surface area contributed by atoms with Crippen LogP contribution in [0, 0.1) is 16.0 Å². The summed E-state index contributed by atoms with van der Waals surface area (Å²) in [5, 5.41) is 17.7. The number of aryl methyl sites for hydroxylation is 1. The van der Waals surface area contributed by atoms with Crippen molar-refractivity contribution >= 4 is 5.69 Å². The molecule has 1 aromatic heterocycles. The highest BCUT2D eigenvalue weighted by molar-refractivity contribution is 5.33. The Morgan fingerprint density at radius 1 is 1.79 bits per heavy atom. The summed E-state index contributed by atoms with van der Waals surface area (Å²) in [5.74, 6) is 0.518. The van der Waals surface area contributed by atoms with Crippen molar-refractivity contribution in [3.63, 3.8) is 0 Å². The monoisotopic (exact) mass is 196 g/mol. The third-order valence-electron chi connectivity index (χ3n) is 2.58. The molecule has 0 saturated carbocycles. The van der Waals surface area contributed by atoms with Crippen LogP contribution in [0.4, 0.5) is 5.69 Å².